The Morgan fingerprint density at radius 2 is 1.88 bits per heavy atom. The van der Waals surface area contributed by atoms with Gasteiger partial charge < -0.3 is 10.4 Å². The van der Waals surface area contributed by atoms with Crippen molar-refractivity contribution in [1.29, 1.82) is 0 Å². The van der Waals surface area contributed by atoms with Gasteiger partial charge in [-0.15, -0.1) is 0 Å². The van der Waals surface area contributed by atoms with Gasteiger partial charge in [-0.05, 0) is 19.1 Å². The molecule has 0 spiro atoms. The summed E-state index contributed by atoms with van der Waals surface area (Å²) in [6.07, 6.45) is -1.22. The van der Waals surface area contributed by atoms with Gasteiger partial charge in [-0.25, -0.2) is 13.2 Å². The number of hydrogen-bond acceptors (Lipinski definition) is 3. The molecule has 0 aromatic heterocycles. The maximum Gasteiger partial charge on any atom is 0.404 e. The highest BCUT2D eigenvalue weighted by atomic mass is 32.2. The van der Waals surface area contributed by atoms with Crippen molar-refractivity contribution in [3.8, 4) is 0 Å². The van der Waals surface area contributed by atoms with Gasteiger partial charge in [0.05, 0.1) is 10.6 Å². The summed E-state index contributed by atoms with van der Waals surface area (Å²) in [6.45, 7) is 1.76. The Labute approximate surface area is 94.0 Å². The lowest BCUT2D eigenvalue weighted by Gasteiger charge is -2.04. The van der Waals surface area contributed by atoms with E-state index in [0.717, 1.165) is 5.56 Å². The molecule has 0 aliphatic carbocycles. The molecule has 0 aliphatic heterocycles. The molecule has 5 nitrogen and oxygen atoms in total. The maximum atomic E-state index is 11.7. The van der Waals surface area contributed by atoms with Crippen LogP contribution in [-0.4, -0.2) is 31.9 Å². The molecule has 2 N–H and O–H groups in total. The van der Waals surface area contributed by atoms with E-state index in [1.165, 1.54) is 12.1 Å². The highest BCUT2D eigenvalue weighted by molar-refractivity contribution is 7.91. The third-order valence-corrected chi connectivity index (χ3v) is 3.76. The van der Waals surface area contributed by atoms with Crippen LogP contribution in [0.1, 0.15) is 5.56 Å². The molecule has 0 atom stereocenters. The van der Waals surface area contributed by atoms with Crippen molar-refractivity contribution >= 4 is 15.9 Å². The average molecular weight is 243 g/mol. The first-order valence-electron chi connectivity index (χ1n) is 4.68. The Balaban J connectivity index is 2.71. The summed E-state index contributed by atoms with van der Waals surface area (Å²) in [5.74, 6) is -0.234. The summed E-state index contributed by atoms with van der Waals surface area (Å²) in [5.41, 5.74) is 0.975. The molecule has 16 heavy (non-hydrogen) atoms. The van der Waals surface area contributed by atoms with Gasteiger partial charge in [-0.1, -0.05) is 17.7 Å². The first-order chi connectivity index (χ1) is 7.42. The summed E-state index contributed by atoms with van der Waals surface area (Å²) >= 11 is 0. The molecule has 1 aromatic rings. The third kappa shape index (κ3) is 3.54. The number of rotatable bonds is 4. The first-order valence-corrected chi connectivity index (χ1v) is 6.33. The van der Waals surface area contributed by atoms with Crippen LogP contribution in [0.15, 0.2) is 29.2 Å². The molecule has 0 radical (unpaired) electrons. The minimum absolute atomic E-state index is 0.106. The van der Waals surface area contributed by atoms with Crippen LogP contribution >= 0.6 is 0 Å². The van der Waals surface area contributed by atoms with E-state index in [2.05, 4.69) is 0 Å². The molecule has 0 saturated heterocycles. The van der Waals surface area contributed by atoms with Gasteiger partial charge in [0.1, 0.15) is 0 Å². The predicted molar refractivity (Wildman–Crippen MR) is 59.3 cm³/mol. The monoisotopic (exact) mass is 243 g/mol. The van der Waals surface area contributed by atoms with E-state index in [1.807, 2.05) is 12.2 Å². The van der Waals surface area contributed by atoms with Crippen LogP contribution in [0.4, 0.5) is 4.79 Å². The minimum Gasteiger partial charge on any atom is -0.465 e. The fourth-order valence-corrected chi connectivity index (χ4v) is 2.31. The molecule has 0 heterocycles. The molecular formula is C10H13NO4S. The molecule has 0 saturated carbocycles. The Hall–Kier alpha value is -1.56. The van der Waals surface area contributed by atoms with Crippen molar-refractivity contribution in [2.24, 2.45) is 0 Å². The van der Waals surface area contributed by atoms with Crippen LogP contribution < -0.4 is 5.32 Å². The normalized spacial score (nSPS) is 11.1. The second-order valence-corrected chi connectivity index (χ2v) is 5.47. The number of benzene rings is 1. The Morgan fingerprint density at radius 3 is 2.38 bits per heavy atom. The van der Waals surface area contributed by atoms with Crippen LogP contribution in [0.2, 0.25) is 0 Å². The maximum absolute atomic E-state index is 11.7. The van der Waals surface area contributed by atoms with Crippen molar-refractivity contribution in [2.45, 2.75) is 11.8 Å². The topological polar surface area (TPSA) is 83.5 Å². The van der Waals surface area contributed by atoms with Gasteiger partial charge >= 0.3 is 6.09 Å². The largest absolute Gasteiger partial charge is 0.465 e. The smallest absolute Gasteiger partial charge is 0.404 e. The Bertz CT molecular complexity index is 464. The van der Waals surface area contributed by atoms with Gasteiger partial charge in [-0.2, -0.15) is 0 Å². The number of carbonyl (C=O) groups is 1. The zero-order chi connectivity index (χ0) is 12.2. The molecule has 1 rings (SSSR count). The molecule has 0 unspecified atom stereocenters. The van der Waals surface area contributed by atoms with Gasteiger partial charge in [0, 0.05) is 6.54 Å². The number of hydrogen-bond donors (Lipinski definition) is 2. The standard InChI is InChI=1S/C10H13NO4S/c1-8-2-4-9(5-3-8)16(14,15)7-6-11-10(12)13/h2-5,11H,6-7H2,1H3,(H,12,13). The fourth-order valence-electron chi connectivity index (χ4n) is 1.16. The summed E-state index contributed by atoms with van der Waals surface area (Å²) < 4.78 is 23.4. The van der Waals surface area contributed by atoms with Crippen molar-refractivity contribution in [3.05, 3.63) is 29.8 Å². The van der Waals surface area contributed by atoms with Crippen LogP contribution in [-0.2, 0) is 9.84 Å². The lowest BCUT2D eigenvalue weighted by Crippen LogP contribution is -2.27. The second-order valence-electron chi connectivity index (χ2n) is 3.36. The quantitative estimate of drug-likeness (QED) is 0.827. The summed E-state index contributed by atoms with van der Waals surface area (Å²) in [5, 5.41) is 10.3. The molecule has 1 aromatic carbocycles. The lowest BCUT2D eigenvalue weighted by molar-refractivity contribution is 0.195. The molecule has 0 aliphatic rings. The zero-order valence-electron chi connectivity index (χ0n) is 8.80. The number of carboxylic acid groups (broad SMARTS) is 1. The van der Waals surface area contributed by atoms with Gasteiger partial charge in [0.25, 0.3) is 0 Å². The average Bonchev–Trinajstić information content (AvgIpc) is 2.17. The van der Waals surface area contributed by atoms with Gasteiger partial charge in [-0.3, -0.25) is 0 Å². The minimum atomic E-state index is -3.40. The van der Waals surface area contributed by atoms with E-state index in [4.69, 9.17) is 5.11 Å². The van der Waals surface area contributed by atoms with Crippen LogP contribution in [0, 0.1) is 6.92 Å². The molecule has 88 valence electrons. The van der Waals surface area contributed by atoms with E-state index in [0.29, 0.717) is 0 Å². The molecule has 0 fully saturated rings. The van der Waals surface area contributed by atoms with Crippen LogP contribution in [0.3, 0.4) is 0 Å². The van der Waals surface area contributed by atoms with Crippen molar-refractivity contribution in [1.82, 2.24) is 5.32 Å². The van der Waals surface area contributed by atoms with E-state index in [1.54, 1.807) is 12.1 Å². The number of sulfone groups is 1. The fraction of sp³-hybridized carbons (Fsp3) is 0.300. The van der Waals surface area contributed by atoms with Crippen molar-refractivity contribution in [3.63, 3.8) is 0 Å². The van der Waals surface area contributed by atoms with Crippen molar-refractivity contribution in [2.75, 3.05) is 12.3 Å². The SMILES string of the molecule is Cc1ccc(S(=O)(=O)CCNC(=O)O)cc1. The first kappa shape index (κ1) is 12.5. The molecule has 0 bridgehead atoms. The molecular weight excluding hydrogens is 230 g/mol. The number of amides is 1. The summed E-state index contributed by atoms with van der Waals surface area (Å²) in [4.78, 5) is 10.4. The highest BCUT2D eigenvalue weighted by Gasteiger charge is 2.13. The highest BCUT2D eigenvalue weighted by Crippen LogP contribution is 2.11. The predicted octanol–water partition coefficient (Wildman–Crippen LogP) is 1.04. The van der Waals surface area contributed by atoms with E-state index < -0.39 is 15.9 Å². The molecule has 1 amide bonds. The van der Waals surface area contributed by atoms with E-state index in [-0.39, 0.29) is 17.2 Å². The molecule has 6 heteroatoms. The van der Waals surface area contributed by atoms with Gasteiger partial charge in [0.15, 0.2) is 9.84 Å². The van der Waals surface area contributed by atoms with Crippen LogP contribution in [0.5, 0.6) is 0 Å². The van der Waals surface area contributed by atoms with Gasteiger partial charge in [0.2, 0.25) is 0 Å². The summed E-state index contributed by atoms with van der Waals surface area (Å²) in [6, 6.07) is 6.45. The third-order valence-electron chi connectivity index (χ3n) is 2.03. The Kier molecular flexibility index (Phi) is 3.89. The zero-order valence-corrected chi connectivity index (χ0v) is 9.62. The summed E-state index contributed by atoms with van der Waals surface area (Å²) in [7, 11) is -3.40. The lowest BCUT2D eigenvalue weighted by atomic mass is 10.2. The van der Waals surface area contributed by atoms with E-state index in [9.17, 15) is 13.2 Å². The van der Waals surface area contributed by atoms with Crippen LogP contribution in [0.25, 0.3) is 0 Å². The number of nitrogens with one attached hydrogen (secondary N) is 1. The van der Waals surface area contributed by atoms with Crippen molar-refractivity contribution < 1.29 is 18.3 Å². The number of aryl methyl sites for hydroxylation is 1. The Morgan fingerprint density at radius 1 is 1.31 bits per heavy atom. The second kappa shape index (κ2) is 4.98. The van der Waals surface area contributed by atoms with E-state index >= 15 is 0 Å².